The van der Waals surface area contributed by atoms with Crippen LogP contribution in [0.15, 0.2) is 82.3 Å². The van der Waals surface area contributed by atoms with E-state index in [4.69, 9.17) is 5.11 Å². The number of anilines is 1. The average Bonchev–Trinajstić information content (AvgIpc) is 3.32. The molecule has 10 nitrogen and oxygen atoms in total. The third-order valence-electron chi connectivity index (χ3n) is 8.49. The molecule has 2 aromatic carbocycles. The molecule has 2 heterocycles. The van der Waals surface area contributed by atoms with Gasteiger partial charge >= 0.3 is 35.5 Å². The molecule has 2 aromatic rings. The summed E-state index contributed by atoms with van der Waals surface area (Å²) < 4.78 is 42.0. The van der Waals surface area contributed by atoms with E-state index in [-0.39, 0.29) is 46.3 Å². The van der Waals surface area contributed by atoms with E-state index in [9.17, 15) is 23.0 Å². The first kappa shape index (κ1) is 38.2. The zero-order valence-corrected chi connectivity index (χ0v) is 30.7. The molecule has 0 amide bonds. The molecule has 2 aliphatic heterocycles. The fraction of sp³-hybridized carbons (Fsp3) is 0.394. The Labute approximate surface area is 297 Å². The fourth-order valence-corrected chi connectivity index (χ4v) is 7.12. The molecule has 0 atom stereocenters. The summed E-state index contributed by atoms with van der Waals surface area (Å²) >= 11 is 0.868. The van der Waals surface area contributed by atoms with E-state index in [0.717, 1.165) is 70.2 Å². The third-order valence-corrected chi connectivity index (χ3v) is 9.89. The van der Waals surface area contributed by atoms with Crippen LogP contribution in [-0.4, -0.2) is 47.4 Å². The molecule has 242 valence electrons. The van der Waals surface area contributed by atoms with Crippen LogP contribution in [0.1, 0.15) is 71.4 Å². The van der Waals surface area contributed by atoms with Crippen molar-refractivity contribution in [3.8, 4) is 0 Å². The van der Waals surface area contributed by atoms with Crippen molar-refractivity contribution in [1.82, 2.24) is 0 Å². The van der Waals surface area contributed by atoms with E-state index in [1.54, 1.807) is 6.07 Å². The van der Waals surface area contributed by atoms with Crippen LogP contribution in [0, 0.1) is 0 Å². The van der Waals surface area contributed by atoms with Gasteiger partial charge in [-0.25, -0.2) is 8.42 Å². The van der Waals surface area contributed by atoms with Crippen molar-refractivity contribution >= 4 is 45.2 Å². The molecule has 0 unspecified atom stereocenters. The van der Waals surface area contributed by atoms with Gasteiger partial charge in [0.25, 0.3) is 0 Å². The molecule has 0 spiro atoms. The van der Waals surface area contributed by atoms with E-state index >= 15 is 0 Å². The number of hydrogen-bond acceptors (Lipinski definition) is 9. The summed E-state index contributed by atoms with van der Waals surface area (Å²) in [5.41, 5.74) is 4.97. The van der Waals surface area contributed by atoms with Crippen molar-refractivity contribution in [3.05, 3.63) is 83.6 Å². The van der Waals surface area contributed by atoms with Gasteiger partial charge in [0.2, 0.25) is 5.69 Å². The van der Waals surface area contributed by atoms with Gasteiger partial charge in [0, 0.05) is 58.8 Å². The standard InChI is InChI=1S/C33H40N2O8S2.Na/c1-6-34-27-18-16-23(44-43-42-38)21-25(27)32(2,3)29(34)13-9-7-10-14-30-33(4,5)26-22-24(45(39,40)41)17-19-28(26)35(30)20-12-8-11-15-31(36)37;/h7,9-10,13-14,16-19,21-22H,6,8,11-12,15,20H2,1-5H3,(H2-,36,37,38,39,40,41);/q;+1/p-1. The minimum atomic E-state index is -4.62. The van der Waals surface area contributed by atoms with Crippen molar-refractivity contribution in [2.24, 2.45) is 0 Å². The topological polar surface area (TPSA) is 142 Å². The van der Waals surface area contributed by atoms with Gasteiger partial charge in [-0.15, -0.1) is 0 Å². The first-order valence-corrected chi connectivity index (χ1v) is 17.0. The predicted molar refractivity (Wildman–Crippen MR) is 170 cm³/mol. The Kier molecular flexibility index (Phi) is 13.1. The predicted octanol–water partition coefficient (Wildman–Crippen LogP) is 2.66. The Bertz CT molecular complexity index is 1680. The number of hydrogen-bond donors (Lipinski definition) is 1. The van der Waals surface area contributed by atoms with Crippen LogP contribution in [0.4, 0.5) is 11.4 Å². The third kappa shape index (κ3) is 8.23. The molecule has 0 fully saturated rings. The number of nitrogens with zero attached hydrogens (tertiary/aromatic N) is 2. The number of carboxylic acid groups (broad SMARTS) is 1. The number of unbranched alkanes of at least 4 members (excludes halogenated alkanes) is 2. The van der Waals surface area contributed by atoms with Crippen LogP contribution in [-0.2, 0) is 35.1 Å². The van der Waals surface area contributed by atoms with Gasteiger partial charge < -0.3 is 19.8 Å². The summed E-state index contributed by atoms with van der Waals surface area (Å²) in [6.45, 7) is 11.8. The zero-order chi connectivity index (χ0) is 33.0. The molecule has 0 saturated heterocycles. The number of carbonyl (C=O) groups is 1. The smallest absolute Gasteiger partial charge is 0.744 e. The first-order chi connectivity index (χ1) is 21.2. The van der Waals surface area contributed by atoms with E-state index in [0.29, 0.717) is 13.0 Å². The van der Waals surface area contributed by atoms with Crippen molar-refractivity contribution in [1.29, 1.82) is 0 Å². The van der Waals surface area contributed by atoms with Crippen molar-refractivity contribution < 1.29 is 71.6 Å². The first-order valence-electron chi connectivity index (χ1n) is 14.8. The number of fused-ring (bicyclic) bond motifs is 2. The molecule has 0 aliphatic carbocycles. The summed E-state index contributed by atoms with van der Waals surface area (Å²) in [6.07, 6.45) is 12.2. The molecule has 46 heavy (non-hydrogen) atoms. The Balaban J connectivity index is 0.00000576. The zero-order valence-electron chi connectivity index (χ0n) is 27.1. The minimum absolute atomic E-state index is 0. The summed E-state index contributed by atoms with van der Waals surface area (Å²) in [5.74, 6) is -0.817. The largest absolute Gasteiger partial charge is 1.00 e. The number of carboxylic acids is 1. The summed E-state index contributed by atoms with van der Waals surface area (Å²) in [4.78, 5) is 13.7. The summed E-state index contributed by atoms with van der Waals surface area (Å²) in [6, 6.07) is 10.4. The quantitative estimate of drug-likeness (QED) is 0.0463. The van der Waals surface area contributed by atoms with Crippen LogP contribution in [0.3, 0.4) is 0 Å². The van der Waals surface area contributed by atoms with E-state index in [2.05, 4.69) is 45.7 Å². The second kappa shape index (κ2) is 15.8. The number of likely N-dealkylation sites (N-methyl/N-ethyl adjacent to an activating group) is 1. The molecular formula is C33H39N2NaO8S2. The van der Waals surface area contributed by atoms with Gasteiger partial charge in [0.1, 0.15) is 16.7 Å². The van der Waals surface area contributed by atoms with Gasteiger partial charge in [0.05, 0.1) is 22.4 Å². The normalized spacial score (nSPS) is 17.6. The Morgan fingerprint density at radius 3 is 2.41 bits per heavy atom. The van der Waals surface area contributed by atoms with Gasteiger partial charge in [-0.05, 0) is 75.6 Å². The number of rotatable bonds is 14. The maximum atomic E-state index is 11.8. The number of aliphatic carboxylic acids is 1. The van der Waals surface area contributed by atoms with Crippen molar-refractivity contribution in [3.63, 3.8) is 0 Å². The van der Waals surface area contributed by atoms with Crippen molar-refractivity contribution in [2.45, 2.75) is 80.9 Å². The SMILES string of the molecule is CCN1/C(=C/C=C/C=C/C2=[N+](CCCCCC(=O)O)c3ccc(S(=O)(=O)[O-])cc3C2(C)C)C(C)(C)c2cc(SOO[O-])ccc21.[Na+]. The Hall–Kier alpha value is -2.26. The van der Waals surface area contributed by atoms with E-state index in [1.165, 1.54) is 12.1 Å². The molecule has 0 aromatic heterocycles. The van der Waals surface area contributed by atoms with Crippen LogP contribution in [0.5, 0.6) is 0 Å². The average molecular weight is 679 g/mol. The maximum absolute atomic E-state index is 11.8. The van der Waals surface area contributed by atoms with Gasteiger partial charge in [-0.2, -0.15) is 8.91 Å². The van der Waals surface area contributed by atoms with Gasteiger partial charge in [-0.1, -0.05) is 32.1 Å². The van der Waals surface area contributed by atoms with Crippen LogP contribution >= 0.6 is 12.0 Å². The molecule has 1 N–H and O–H groups in total. The minimum Gasteiger partial charge on any atom is -0.744 e. The van der Waals surface area contributed by atoms with E-state index < -0.39 is 21.5 Å². The number of benzene rings is 2. The Morgan fingerprint density at radius 1 is 1.02 bits per heavy atom. The number of allylic oxidation sites excluding steroid dienone is 6. The van der Waals surface area contributed by atoms with Crippen LogP contribution < -0.4 is 39.7 Å². The fourth-order valence-electron chi connectivity index (χ4n) is 6.23. The second-order valence-corrected chi connectivity index (χ2v) is 14.2. The maximum Gasteiger partial charge on any atom is 1.00 e. The molecule has 2 aliphatic rings. The molecule has 0 saturated carbocycles. The van der Waals surface area contributed by atoms with E-state index in [1.807, 2.05) is 56.4 Å². The molecule has 13 heteroatoms. The molecule has 4 rings (SSSR count). The van der Waals surface area contributed by atoms with Gasteiger partial charge in [0.15, 0.2) is 5.71 Å². The summed E-state index contributed by atoms with van der Waals surface area (Å²) in [7, 11) is -4.62. The van der Waals surface area contributed by atoms with Crippen LogP contribution in [0.2, 0.25) is 0 Å². The van der Waals surface area contributed by atoms with Crippen LogP contribution in [0.25, 0.3) is 0 Å². The monoisotopic (exact) mass is 678 g/mol. The summed E-state index contributed by atoms with van der Waals surface area (Å²) in [5, 5.41) is 22.8. The van der Waals surface area contributed by atoms with Crippen molar-refractivity contribution in [2.75, 3.05) is 18.0 Å². The molecular weight excluding hydrogens is 639 g/mol. The molecule has 0 bridgehead atoms. The second-order valence-electron chi connectivity index (χ2n) is 12.1. The Morgan fingerprint density at radius 2 is 1.76 bits per heavy atom. The molecule has 0 radical (unpaired) electrons. The van der Waals surface area contributed by atoms with Gasteiger partial charge in [-0.3, -0.25) is 9.83 Å².